The molecular weight excluding hydrogens is 352 g/mol. The summed E-state index contributed by atoms with van der Waals surface area (Å²) in [5, 5.41) is 6.69. The molecule has 1 saturated heterocycles. The Labute approximate surface area is 161 Å². The van der Waals surface area contributed by atoms with Gasteiger partial charge in [0.15, 0.2) is 0 Å². The third-order valence-electron chi connectivity index (χ3n) is 4.83. The van der Waals surface area contributed by atoms with E-state index in [2.05, 4.69) is 31.4 Å². The molecule has 0 aromatic carbocycles. The number of carbonyl (C=O) groups is 2. The van der Waals surface area contributed by atoms with Crippen LogP contribution in [-0.2, 0) is 9.59 Å². The first kappa shape index (κ1) is 22.7. The molecule has 1 heterocycles. The third-order valence-corrected chi connectivity index (χ3v) is 7.83. The molecule has 2 amide bonds. The number of rotatable bonds is 12. The molecule has 0 aromatic rings. The molecule has 0 saturated carbocycles. The van der Waals surface area contributed by atoms with E-state index in [1.807, 2.05) is 28.5 Å². The Bertz CT molecular complexity index is 412. The molecule has 1 fully saturated rings. The summed E-state index contributed by atoms with van der Waals surface area (Å²) in [4.78, 5) is 24.2. The van der Waals surface area contributed by atoms with Gasteiger partial charge >= 0.3 is 0 Å². The van der Waals surface area contributed by atoms with E-state index < -0.39 is 0 Å². The quantitative estimate of drug-likeness (QED) is 0.384. The minimum Gasteiger partial charge on any atom is -0.354 e. The Hall–Kier alpha value is -0.360. The molecule has 0 bridgehead atoms. The van der Waals surface area contributed by atoms with Crippen molar-refractivity contribution in [2.24, 2.45) is 11.3 Å². The van der Waals surface area contributed by atoms with Crippen LogP contribution in [0.15, 0.2) is 0 Å². The minimum absolute atomic E-state index is 0.100. The lowest BCUT2D eigenvalue weighted by molar-refractivity contribution is -0.131. The first-order valence-electron chi connectivity index (χ1n) is 9.70. The topological polar surface area (TPSA) is 58.2 Å². The van der Waals surface area contributed by atoms with Crippen molar-refractivity contribution in [1.82, 2.24) is 10.6 Å². The van der Waals surface area contributed by atoms with Gasteiger partial charge in [0.1, 0.15) is 0 Å². The van der Waals surface area contributed by atoms with Gasteiger partial charge in [-0.2, -0.15) is 0 Å². The molecule has 2 atom stereocenters. The van der Waals surface area contributed by atoms with Crippen LogP contribution in [0.1, 0.15) is 72.6 Å². The van der Waals surface area contributed by atoms with Crippen molar-refractivity contribution in [3.63, 3.8) is 0 Å². The highest BCUT2D eigenvalue weighted by atomic mass is 33.1. The van der Waals surface area contributed by atoms with Crippen molar-refractivity contribution in [2.45, 2.75) is 77.9 Å². The second-order valence-corrected chi connectivity index (χ2v) is 10.5. The van der Waals surface area contributed by atoms with Gasteiger partial charge in [0.25, 0.3) is 0 Å². The van der Waals surface area contributed by atoms with Crippen molar-refractivity contribution in [1.29, 1.82) is 0 Å². The summed E-state index contributed by atoms with van der Waals surface area (Å²) in [6.45, 7) is 9.40. The van der Waals surface area contributed by atoms with Gasteiger partial charge in [0, 0.05) is 35.9 Å². The molecule has 1 aliphatic heterocycles. The Kier molecular flexibility index (Phi) is 11.0. The molecule has 1 rings (SSSR count). The predicted molar refractivity (Wildman–Crippen MR) is 111 cm³/mol. The zero-order chi connectivity index (χ0) is 18.7. The molecule has 4 nitrogen and oxygen atoms in total. The van der Waals surface area contributed by atoms with Crippen molar-refractivity contribution in [3.05, 3.63) is 0 Å². The van der Waals surface area contributed by atoms with E-state index in [0.717, 1.165) is 30.9 Å². The van der Waals surface area contributed by atoms with E-state index in [-0.39, 0.29) is 17.2 Å². The van der Waals surface area contributed by atoms with Crippen molar-refractivity contribution < 1.29 is 9.59 Å². The number of hydrogen-bond acceptors (Lipinski definition) is 4. The molecule has 0 aromatic heterocycles. The van der Waals surface area contributed by atoms with E-state index in [0.29, 0.717) is 25.4 Å². The Morgan fingerprint density at radius 1 is 1.20 bits per heavy atom. The van der Waals surface area contributed by atoms with Gasteiger partial charge in [0.2, 0.25) is 11.8 Å². The number of hydrogen-bond donors (Lipinski definition) is 2. The summed E-state index contributed by atoms with van der Waals surface area (Å²) in [5.41, 5.74) is -0.311. The Morgan fingerprint density at radius 3 is 2.52 bits per heavy atom. The summed E-state index contributed by atoms with van der Waals surface area (Å²) in [5.74, 6) is 1.97. The highest BCUT2D eigenvalue weighted by Gasteiger charge is 2.31. The van der Waals surface area contributed by atoms with E-state index in [4.69, 9.17) is 0 Å². The van der Waals surface area contributed by atoms with Crippen LogP contribution < -0.4 is 10.6 Å². The maximum atomic E-state index is 12.4. The zero-order valence-corrected chi connectivity index (χ0v) is 18.0. The van der Waals surface area contributed by atoms with Crippen molar-refractivity contribution >= 4 is 33.4 Å². The molecule has 146 valence electrons. The molecule has 2 N–H and O–H groups in total. The van der Waals surface area contributed by atoms with Crippen LogP contribution in [0.25, 0.3) is 0 Å². The molecule has 0 spiro atoms. The number of nitrogens with one attached hydrogen (secondary N) is 2. The standard InChI is InChI=1S/C19H36N2O2S2/c1-5-19(4,14-15(2)3)18(23)21-12-11-20-17(22)9-7-6-8-16-10-13-24-25-16/h15-16H,5-14H2,1-4H3,(H,20,22)(H,21,23). The van der Waals surface area contributed by atoms with Gasteiger partial charge in [-0.1, -0.05) is 55.7 Å². The van der Waals surface area contributed by atoms with Gasteiger partial charge in [-0.15, -0.1) is 0 Å². The van der Waals surface area contributed by atoms with Crippen LogP contribution in [-0.4, -0.2) is 35.9 Å². The highest BCUT2D eigenvalue weighted by molar-refractivity contribution is 8.77. The van der Waals surface area contributed by atoms with Crippen LogP contribution in [0.3, 0.4) is 0 Å². The van der Waals surface area contributed by atoms with E-state index in [1.165, 1.54) is 18.6 Å². The SMILES string of the molecule is CCC(C)(CC(C)C)C(=O)NCCNC(=O)CCCCC1CCSS1. The summed E-state index contributed by atoms with van der Waals surface area (Å²) >= 11 is 0. The molecule has 1 aliphatic rings. The first-order chi connectivity index (χ1) is 11.9. The summed E-state index contributed by atoms with van der Waals surface area (Å²) in [7, 11) is 3.98. The summed E-state index contributed by atoms with van der Waals surface area (Å²) in [6, 6.07) is 0. The normalized spacial score (nSPS) is 19.6. The maximum absolute atomic E-state index is 12.4. The van der Waals surface area contributed by atoms with Gasteiger partial charge in [-0.25, -0.2) is 0 Å². The molecule has 0 aliphatic carbocycles. The molecule has 6 heteroatoms. The van der Waals surface area contributed by atoms with Crippen molar-refractivity contribution in [2.75, 3.05) is 18.8 Å². The smallest absolute Gasteiger partial charge is 0.225 e. The molecular formula is C19H36N2O2S2. The number of unbranched alkanes of at least 4 members (excludes halogenated alkanes) is 1. The monoisotopic (exact) mass is 388 g/mol. The summed E-state index contributed by atoms with van der Waals surface area (Å²) in [6.07, 6.45) is 6.95. The number of amides is 2. The van der Waals surface area contributed by atoms with Crippen LogP contribution in [0.5, 0.6) is 0 Å². The van der Waals surface area contributed by atoms with Gasteiger partial charge in [-0.3, -0.25) is 9.59 Å². The fourth-order valence-corrected chi connectivity index (χ4v) is 6.23. The third kappa shape index (κ3) is 9.23. The van der Waals surface area contributed by atoms with E-state index in [9.17, 15) is 9.59 Å². The molecule has 0 radical (unpaired) electrons. The van der Waals surface area contributed by atoms with E-state index >= 15 is 0 Å². The second kappa shape index (κ2) is 12.1. The second-order valence-electron chi connectivity index (χ2n) is 7.69. The Morgan fingerprint density at radius 2 is 1.92 bits per heavy atom. The molecule has 25 heavy (non-hydrogen) atoms. The lowest BCUT2D eigenvalue weighted by Crippen LogP contribution is -2.42. The zero-order valence-electron chi connectivity index (χ0n) is 16.4. The average Bonchev–Trinajstić information content (AvgIpc) is 3.08. The van der Waals surface area contributed by atoms with Gasteiger partial charge in [-0.05, 0) is 38.0 Å². The number of carbonyl (C=O) groups excluding carboxylic acids is 2. The van der Waals surface area contributed by atoms with Gasteiger partial charge in [0.05, 0.1) is 0 Å². The van der Waals surface area contributed by atoms with Crippen LogP contribution in [0, 0.1) is 11.3 Å². The predicted octanol–water partition coefficient (Wildman–Crippen LogP) is 4.40. The fraction of sp³-hybridized carbons (Fsp3) is 0.895. The molecule has 2 unspecified atom stereocenters. The summed E-state index contributed by atoms with van der Waals surface area (Å²) < 4.78 is 0. The lowest BCUT2D eigenvalue weighted by atomic mass is 9.79. The fourth-order valence-electron chi connectivity index (χ4n) is 3.20. The Balaban J connectivity index is 2.08. The minimum atomic E-state index is -0.311. The largest absolute Gasteiger partial charge is 0.354 e. The average molecular weight is 389 g/mol. The highest BCUT2D eigenvalue weighted by Crippen LogP contribution is 2.39. The van der Waals surface area contributed by atoms with E-state index in [1.54, 1.807) is 0 Å². The van der Waals surface area contributed by atoms with Gasteiger partial charge < -0.3 is 10.6 Å². The van der Waals surface area contributed by atoms with Crippen LogP contribution in [0.2, 0.25) is 0 Å². The maximum Gasteiger partial charge on any atom is 0.225 e. The van der Waals surface area contributed by atoms with Crippen LogP contribution in [0.4, 0.5) is 0 Å². The van der Waals surface area contributed by atoms with Crippen LogP contribution >= 0.6 is 21.6 Å². The first-order valence-corrected chi connectivity index (χ1v) is 12.1. The lowest BCUT2D eigenvalue weighted by Gasteiger charge is -2.28. The van der Waals surface area contributed by atoms with Crippen molar-refractivity contribution in [3.8, 4) is 0 Å².